The van der Waals surface area contributed by atoms with Crippen molar-refractivity contribution in [2.75, 3.05) is 33.2 Å². The first-order chi connectivity index (χ1) is 13.8. The molecular weight excluding hydrogens is 394 g/mol. The monoisotopic (exact) mass is 415 g/mol. The van der Waals surface area contributed by atoms with Gasteiger partial charge in [0.15, 0.2) is 0 Å². The molecule has 1 amide bonds. The molecule has 0 unspecified atom stereocenters. The Labute approximate surface area is 169 Å². The van der Waals surface area contributed by atoms with Crippen LogP contribution in [0.15, 0.2) is 64.7 Å². The molecule has 0 saturated carbocycles. The maximum atomic E-state index is 13.1. The van der Waals surface area contributed by atoms with E-state index in [2.05, 4.69) is 4.40 Å². The van der Waals surface area contributed by atoms with E-state index >= 15 is 0 Å². The highest BCUT2D eigenvalue weighted by atomic mass is 32.2. The van der Waals surface area contributed by atoms with Gasteiger partial charge in [0, 0.05) is 25.3 Å². The zero-order chi connectivity index (χ0) is 21.2. The van der Waals surface area contributed by atoms with Gasteiger partial charge in [0.2, 0.25) is 0 Å². The van der Waals surface area contributed by atoms with Crippen molar-refractivity contribution in [2.24, 2.45) is 4.40 Å². The molecule has 152 valence electrons. The third-order valence-electron chi connectivity index (χ3n) is 4.52. The van der Waals surface area contributed by atoms with E-state index in [1.165, 1.54) is 32.2 Å². The molecule has 1 aliphatic rings. The quantitative estimate of drug-likeness (QED) is 0.747. The van der Waals surface area contributed by atoms with Crippen molar-refractivity contribution in [3.8, 4) is 11.5 Å². The lowest BCUT2D eigenvalue weighted by atomic mass is 10.1. The van der Waals surface area contributed by atoms with Gasteiger partial charge in [-0.3, -0.25) is 4.79 Å². The maximum Gasteiger partial charge on any atom is 0.345 e. The number of rotatable bonds is 5. The Kier molecular flexibility index (Phi) is 5.60. The van der Waals surface area contributed by atoms with Crippen LogP contribution in [-0.2, 0) is 15.0 Å². The van der Waals surface area contributed by atoms with E-state index < -0.39 is 16.1 Å². The Morgan fingerprint density at radius 2 is 1.76 bits per heavy atom. The van der Waals surface area contributed by atoms with Gasteiger partial charge in [0.05, 0.1) is 19.9 Å². The highest BCUT2D eigenvalue weighted by Gasteiger charge is 2.32. The normalized spacial score (nSPS) is 15.2. The summed E-state index contributed by atoms with van der Waals surface area (Å²) in [5.41, 5.74) is 1.08. The van der Waals surface area contributed by atoms with Crippen molar-refractivity contribution in [1.29, 1.82) is 0 Å². The van der Waals surface area contributed by atoms with Gasteiger partial charge >= 0.3 is 10.2 Å². The summed E-state index contributed by atoms with van der Waals surface area (Å²) in [6, 6.07) is 13.9. The fourth-order valence-electron chi connectivity index (χ4n) is 2.83. The van der Waals surface area contributed by atoms with Crippen molar-refractivity contribution in [1.82, 2.24) is 4.31 Å². The maximum absolute atomic E-state index is 13.1. The van der Waals surface area contributed by atoms with Crippen LogP contribution in [0.2, 0.25) is 0 Å². The fraction of sp³-hybridized carbons (Fsp3) is 0.200. The average molecular weight is 415 g/mol. The molecule has 0 spiro atoms. The average Bonchev–Trinajstić information content (AvgIpc) is 2.74. The van der Waals surface area contributed by atoms with Crippen LogP contribution >= 0.6 is 0 Å². The van der Waals surface area contributed by atoms with Crippen molar-refractivity contribution in [3.63, 3.8) is 0 Å². The van der Waals surface area contributed by atoms with Gasteiger partial charge in [-0.1, -0.05) is 18.2 Å². The third kappa shape index (κ3) is 3.95. The summed E-state index contributed by atoms with van der Waals surface area (Å²) in [6.07, 6.45) is 1.43. The highest BCUT2D eigenvalue weighted by molar-refractivity contribution is 7.88. The molecule has 9 heteroatoms. The number of hydrogen-bond donors (Lipinski definition) is 0. The second-order valence-corrected chi connectivity index (χ2v) is 7.84. The smallest absolute Gasteiger partial charge is 0.345 e. The van der Waals surface area contributed by atoms with Gasteiger partial charge in [0.25, 0.3) is 5.91 Å². The first-order valence-corrected chi connectivity index (χ1v) is 10.0. The van der Waals surface area contributed by atoms with Crippen LogP contribution in [0.3, 0.4) is 0 Å². The molecule has 8 nitrogen and oxygen atoms in total. The van der Waals surface area contributed by atoms with Gasteiger partial charge in [-0.25, -0.2) is 4.31 Å². The van der Waals surface area contributed by atoms with Crippen LogP contribution in [0.5, 0.6) is 11.5 Å². The highest BCUT2D eigenvalue weighted by Crippen LogP contribution is 2.29. The van der Waals surface area contributed by atoms with Crippen molar-refractivity contribution < 1.29 is 22.7 Å². The fourth-order valence-corrected chi connectivity index (χ4v) is 3.74. The van der Waals surface area contributed by atoms with Gasteiger partial charge in [-0.2, -0.15) is 8.42 Å². The lowest BCUT2D eigenvalue weighted by Crippen LogP contribution is -2.39. The van der Waals surface area contributed by atoms with E-state index in [0.717, 1.165) is 4.31 Å². The number of carbonyl (C=O) groups is 1. The number of ether oxygens (including phenoxy) is 2. The number of nitrogens with zero attached hydrogens (tertiary/aromatic N) is 3. The van der Waals surface area contributed by atoms with Gasteiger partial charge < -0.3 is 14.4 Å². The Hall–Kier alpha value is -3.33. The third-order valence-corrected chi connectivity index (χ3v) is 5.84. The van der Waals surface area contributed by atoms with E-state index in [1.807, 2.05) is 6.07 Å². The van der Waals surface area contributed by atoms with Crippen LogP contribution in [0.25, 0.3) is 0 Å². The molecule has 0 N–H and O–H groups in total. The lowest BCUT2D eigenvalue weighted by molar-refractivity contribution is -0.115. The summed E-state index contributed by atoms with van der Waals surface area (Å²) in [4.78, 5) is 14.5. The van der Waals surface area contributed by atoms with Crippen LogP contribution in [0, 0.1) is 0 Å². The number of amides is 1. The first-order valence-electron chi connectivity index (χ1n) is 8.64. The van der Waals surface area contributed by atoms with E-state index in [-0.39, 0.29) is 11.4 Å². The molecule has 0 bridgehead atoms. The van der Waals surface area contributed by atoms with Gasteiger partial charge in [-0.05, 0) is 36.4 Å². The van der Waals surface area contributed by atoms with E-state index in [0.29, 0.717) is 22.7 Å². The Morgan fingerprint density at radius 3 is 2.38 bits per heavy atom. The molecule has 0 radical (unpaired) electrons. The van der Waals surface area contributed by atoms with Crippen molar-refractivity contribution in [2.45, 2.75) is 0 Å². The summed E-state index contributed by atoms with van der Waals surface area (Å²) in [5.74, 6) is 0.419. The number of allylic oxidation sites excluding steroid dienone is 1. The predicted molar refractivity (Wildman–Crippen MR) is 111 cm³/mol. The second-order valence-electron chi connectivity index (χ2n) is 6.22. The van der Waals surface area contributed by atoms with Crippen molar-refractivity contribution in [3.05, 3.63) is 65.9 Å². The molecule has 2 aromatic rings. The minimum absolute atomic E-state index is 0.0359. The van der Waals surface area contributed by atoms with Crippen LogP contribution in [0.1, 0.15) is 5.56 Å². The first kappa shape index (κ1) is 20.4. The Morgan fingerprint density at radius 1 is 1.07 bits per heavy atom. The zero-order valence-electron chi connectivity index (χ0n) is 16.5. The largest absolute Gasteiger partial charge is 0.497 e. The van der Waals surface area contributed by atoms with Gasteiger partial charge in [-0.15, -0.1) is 4.40 Å². The summed E-state index contributed by atoms with van der Waals surface area (Å²) in [6.45, 7) is 0. The number of likely N-dealkylation sites (N-methyl/N-ethyl adjacent to an activating group) is 2. The summed E-state index contributed by atoms with van der Waals surface area (Å²) in [5, 5.41) is 0. The predicted octanol–water partition coefficient (Wildman–Crippen LogP) is 2.23. The van der Waals surface area contributed by atoms with Gasteiger partial charge in [0.1, 0.15) is 17.2 Å². The second kappa shape index (κ2) is 7.96. The molecule has 0 atom stereocenters. The number of hydrogen-bond acceptors (Lipinski definition) is 5. The van der Waals surface area contributed by atoms with Crippen LogP contribution in [0.4, 0.5) is 5.69 Å². The van der Waals surface area contributed by atoms with Crippen molar-refractivity contribution >= 4 is 27.5 Å². The molecule has 0 saturated heterocycles. The zero-order valence-corrected chi connectivity index (χ0v) is 17.3. The number of anilines is 1. The SMILES string of the molecule is COc1ccc(OC)c(C2=NS(=O)(=O)N(C)C(C(=O)N(C)c3ccccc3)=C2)c1. The molecule has 1 aliphatic heterocycles. The summed E-state index contributed by atoms with van der Waals surface area (Å²) < 4.78 is 40.6. The standard InChI is InChI=1S/C20H21N3O5S/c1-22(14-8-6-5-7-9-14)20(24)18-13-17(21-29(25,26)23(18)2)16-12-15(27-3)10-11-19(16)28-4/h5-13H,1-4H3. The minimum Gasteiger partial charge on any atom is -0.497 e. The molecular formula is C20H21N3O5S. The summed E-state index contributed by atoms with van der Waals surface area (Å²) >= 11 is 0. The van der Waals surface area contributed by atoms with Crippen LogP contribution < -0.4 is 14.4 Å². The number of carbonyl (C=O) groups excluding carboxylic acids is 1. The molecule has 3 rings (SSSR count). The Balaban J connectivity index is 2.10. The molecule has 0 aliphatic carbocycles. The summed E-state index contributed by atoms with van der Waals surface area (Å²) in [7, 11) is 1.73. The molecule has 29 heavy (non-hydrogen) atoms. The Bertz CT molecular complexity index is 1090. The van der Waals surface area contributed by atoms with Crippen LogP contribution in [-0.4, -0.2) is 52.7 Å². The molecule has 1 heterocycles. The van der Waals surface area contributed by atoms with E-state index in [9.17, 15) is 13.2 Å². The molecule has 0 aromatic heterocycles. The molecule has 0 fully saturated rings. The number of benzene rings is 2. The van der Waals surface area contributed by atoms with E-state index in [1.54, 1.807) is 49.5 Å². The van der Waals surface area contributed by atoms with E-state index in [4.69, 9.17) is 9.47 Å². The number of para-hydroxylation sites is 1. The molecule has 2 aromatic carbocycles. The minimum atomic E-state index is -4.10. The number of methoxy groups -OCH3 is 2. The lowest BCUT2D eigenvalue weighted by Gasteiger charge is -2.27. The topological polar surface area (TPSA) is 88.5 Å².